The topological polar surface area (TPSA) is 96.3 Å². The Kier molecular flexibility index (Phi) is 8.79. The first kappa shape index (κ1) is 27.3. The molecule has 194 valence electrons. The number of ether oxygens (including phenoxy) is 2. The molecule has 3 rings (SSSR count). The number of Topliss-reactive ketones (excluding diaryl/α,β-unsaturated/α-hetero) is 1. The van der Waals surface area contributed by atoms with Gasteiger partial charge in [0.1, 0.15) is 17.3 Å². The molecule has 0 bridgehead atoms. The second-order valence-electron chi connectivity index (χ2n) is 9.88. The van der Waals surface area contributed by atoms with Crippen LogP contribution in [0.25, 0.3) is 5.76 Å². The summed E-state index contributed by atoms with van der Waals surface area (Å²) in [5.74, 6) is -0.255. The molecule has 2 aromatic rings. The molecule has 2 aromatic carbocycles. The maximum atomic E-state index is 13.2. The van der Waals surface area contributed by atoms with Gasteiger partial charge in [0, 0.05) is 30.7 Å². The molecule has 1 atom stereocenters. The molecular weight excluding hydrogens is 458 g/mol. The maximum absolute atomic E-state index is 13.2. The van der Waals surface area contributed by atoms with Crippen molar-refractivity contribution >= 4 is 17.4 Å². The lowest BCUT2D eigenvalue weighted by Crippen LogP contribution is -2.30. The fraction of sp³-hybridized carbons (Fsp3) is 0.448. The van der Waals surface area contributed by atoms with Crippen LogP contribution < -0.4 is 9.47 Å². The first-order valence-corrected chi connectivity index (χ1v) is 12.5. The summed E-state index contributed by atoms with van der Waals surface area (Å²) in [6.07, 6.45) is 1.15. The number of rotatable bonds is 10. The second kappa shape index (κ2) is 11.6. The Morgan fingerprint density at radius 2 is 1.81 bits per heavy atom. The van der Waals surface area contributed by atoms with Gasteiger partial charge in [-0.2, -0.15) is 0 Å². The Morgan fingerprint density at radius 3 is 2.44 bits per heavy atom. The van der Waals surface area contributed by atoms with Crippen LogP contribution in [0.5, 0.6) is 11.5 Å². The van der Waals surface area contributed by atoms with E-state index in [0.717, 1.165) is 11.3 Å². The molecule has 2 N–H and O–H groups in total. The van der Waals surface area contributed by atoms with E-state index in [-0.39, 0.29) is 23.4 Å². The summed E-state index contributed by atoms with van der Waals surface area (Å²) in [6, 6.07) is 11.8. The molecule has 0 saturated carbocycles. The minimum Gasteiger partial charge on any atom is -0.507 e. The molecule has 1 amide bonds. The molecule has 1 aliphatic rings. The summed E-state index contributed by atoms with van der Waals surface area (Å²) >= 11 is 0. The lowest BCUT2D eigenvalue weighted by molar-refractivity contribution is -0.139. The van der Waals surface area contributed by atoms with Crippen LogP contribution in [0, 0.1) is 0 Å². The van der Waals surface area contributed by atoms with Crippen LogP contribution in [0.1, 0.15) is 70.2 Å². The second-order valence-corrected chi connectivity index (χ2v) is 9.88. The standard InChI is InChI=1S/C29H37NO6/c1-6-14-30-25(19-10-8-11-21(17-19)36-16-9-15-31)24(27(33)28(30)34)26(32)20-12-13-23(35-7-2)22(18-20)29(3,4)5/h8,10-13,17-18,25,31-32H,6-7,9,14-16H2,1-5H3/b26-24+. The molecular formula is C29H37NO6. The lowest BCUT2D eigenvalue weighted by Gasteiger charge is -2.26. The number of carbonyl (C=O) groups is 2. The highest BCUT2D eigenvalue weighted by Crippen LogP contribution is 2.41. The fourth-order valence-corrected chi connectivity index (χ4v) is 4.43. The van der Waals surface area contributed by atoms with Gasteiger partial charge in [-0.3, -0.25) is 9.59 Å². The van der Waals surface area contributed by atoms with E-state index in [4.69, 9.17) is 14.6 Å². The smallest absolute Gasteiger partial charge is 0.295 e. The minimum atomic E-state index is -0.740. The monoisotopic (exact) mass is 495 g/mol. The number of aliphatic hydroxyl groups is 2. The van der Waals surface area contributed by atoms with E-state index in [1.54, 1.807) is 30.3 Å². The predicted octanol–water partition coefficient (Wildman–Crippen LogP) is 4.98. The number of hydrogen-bond acceptors (Lipinski definition) is 6. The van der Waals surface area contributed by atoms with Crippen LogP contribution in [-0.4, -0.2) is 53.2 Å². The predicted molar refractivity (Wildman–Crippen MR) is 139 cm³/mol. The number of carbonyl (C=O) groups excluding carboxylic acids is 2. The summed E-state index contributed by atoms with van der Waals surface area (Å²) in [4.78, 5) is 27.8. The zero-order valence-electron chi connectivity index (χ0n) is 21.8. The van der Waals surface area contributed by atoms with Crippen molar-refractivity contribution in [2.75, 3.05) is 26.4 Å². The van der Waals surface area contributed by atoms with Crippen LogP contribution in [-0.2, 0) is 15.0 Å². The van der Waals surface area contributed by atoms with Crippen LogP contribution in [0.4, 0.5) is 0 Å². The molecule has 1 unspecified atom stereocenters. The van der Waals surface area contributed by atoms with Gasteiger partial charge in [0.2, 0.25) is 0 Å². The van der Waals surface area contributed by atoms with Crippen LogP contribution >= 0.6 is 0 Å². The third-order valence-electron chi connectivity index (χ3n) is 6.11. The molecule has 1 saturated heterocycles. The summed E-state index contributed by atoms with van der Waals surface area (Å²) in [7, 11) is 0. The highest BCUT2D eigenvalue weighted by atomic mass is 16.5. The largest absolute Gasteiger partial charge is 0.507 e. The quantitative estimate of drug-likeness (QED) is 0.209. The average molecular weight is 496 g/mol. The third-order valence-corrected chi connectivity index (χ3v) is 6.11. The van der Waals surface area contributed by atoms with E-state index in [2.05, 4.69) is 20.8 Å². The van der Waals surface area contributed by atoms with E-state index in [1.807, 2.05) is 26.0 Å². The highest BCUT2D eigenvalue weighted by Gasteiger charge is 2.45. The van der Waals surface area contributed by atoms with Crippen molar-refractivity contribution < 1.29 is 29.3 Å². The number of amides is 1. The molecule has 7 heteroatoms. The SMILES string of the molecule is CCCN1C(=O)C(=O)/C(=C(/O)c2ccc(OCC)c(C(C)(C)C)c2)C1c1cccc(OCCCO)c1. The Hall–Kier alpha value is -3.32. The van der Waals surface area contributed by atoms with Gasteiger partial charge >= 0.3 is 0 Å². The van der Waals surface area contributed by atoms with E-state index in [1.165, 1.54) is 4.90 Å². The number of nitrogens with zero attached hydrogens (tertiary/aromatic N) is 1. The molecule has 36 heavy (non-hydrogen) atoms. The van der Waals surface area contributed by atoms with Gasteiger partial charge in [0.05, 0.1) is 24.8 Å². The van der Waals surface area contributed by atoms with Gasteiger partial charge in [-0.1, -0.05) is 39.8 Å². The van der Waals surface area contributed by atoms with Crippen molar-refractivity contribution in [2.45, 2.75) is 58.9 Å². The van der Waals surface area contributed by atoms with Crippen LogP contribution in [0.3, 0.4) is 0 Å². The zero-order valence-corrected chi connectivity index (χ0v) is 21.8. The van der Waals surface area contributed by atoms with Crippen molar-refractivity contribution in [3.8, 4) is 11.5 Å². The van der Waals surface area contributed by atoms with Crippen molar-refractivity contribution in [2.24, 2.45) is 0 Å². The minimum absolute atomic E-state index is 0.0228. The lowest BCUT2D eigenvalue weighted by atomic mass is 9.84. The van der Waals surface area contributed by atoms with Crippen molar-refractivity contribution in [3.05, 3.63) is 64.7 Å². The number of ketones is 1. The van der Waals surface area contributed by atoms with Gasteiger partial charge in [0.25, 0.3) is 11.7 Å². The molecule has 0 radical (unpaired) electrons. The fourth-order valence-electron chi connectivity index (χ4n) is 4.43. The maximum Gasteiger partial charge on any atom is 0.295 e. The molecule has 7 nitrogen and oxygen atoms in total. The van der Waals surface area contributed by atoms with E-state index < -0.39 is 17.7 Å². The van der Waals surface area contributed by atoms with Gasteiger partial charge in [-0.25, -0.2) is 0 Å². The number of likely N-dealkylation sites (tertiary alicyclic amines) is 1. The molecule has 0 spiro atoms. The molecule has 0 aliphatic carbocycles. The number of hydrogen-bond donors (Lipinski definition) is 2. The Labute approximate surface area is 213 Å². The highest BCUT2D eigenvalue weighted by molar-refractivity contribution is 6.46. The van der Waals surface area contributed by atoms with Crippen molar-refractivity contribution in [1.82, 2.24) is 4.90 Å². The van der Waals surface area contributed by atoms with Crippen molar-refractivity contribution in [1.29, 1.82) is 0 Å². The van der Waals surface area contributed by atoms with E-state index >= 15 is 0 Å². The van der Waals surface area contributed by atoms with E-state index in [9.17, 15) is 14.7 Å². The summed E-state index contributed by atoms with van der Waals surface area (Å²) in [5.41, 5.74) is 1.82. The Balaban J connectivity index is 2.15. The van der Waals surface area contributed by atoms with E-state index in [0.29, 0.717) is 49.5 Å². The van der Waals surface area contributed by atoms with Gasteiger partial charge in [0.15, 0.2) is 0 Å². The van der Waals surface area contributed by atoms with Gasteiger partial charge in [-0.15, -0.1) is 0 Å². The first-order valence-electron chi connectivity index (χ1n) is 12.5. The molecule has 1 fully saturated rings. The number of aliphatic hydroxyl groups excluding tert-OH is 2. The van der Waals surface area contributed by atoms with Gasteiger partial charge in [-0.05, 0) is 54.7 Å². The summed E-state index contributed by atoms with van der Waals surface area (Å²) in [5, 5.41) is 20.5. The third kappa shape index (κ3) is 5.73. The Morgan fingerprint density at radius 1 is 1.06 bits per heavy atom. The first-order chi connectivity index (χ1) is 17.1. The van der Waals surface area contributed by atoms with Crippen LogP contribution in [0.15, 0.2) is 48.0 Å². The zero-order chi connectivity index (χ0) is 26.5. The van der Waals surface area contributed by atoms with Gasteiger partial charge < -0.3 is 24.6 Å². The average Bonchev–Trinajstić information content (AvgIpc) is 3.09. The number of benzene rings is 2. The van der Waals surface area contributed by atoms with Crippen molar-refractivity contribution in [3.63, 3.8) is 0 Å². The molecule has 0 aromatic heterocycles. The normalized spacial score (nSPS) is 17.5. The van der Waals surface area contributed by atoms with Crippen LogP contribution in [0.2, 0.25) is 0 Å². The Bertz CT molecular complexity index is 1130. The summed E-state index contributed by atoms with van der Waals surface area (Å²) in [6.45, 7) is 11.3. The summed E-state index contributed by atoms with van der Waals surface area (Å²) < 4.78 is 11.5. The molecule has 1 aliphatic heterocycles. The molecule has 1 heterocycles.